The van der Waals surface area contributed by atoms with Crippen molar-refractivity contribution in [2.75, 3.05) is 29.9 Å². The third-order valence-corrected chi connectivity index (χ3v) is 3.77. The van der Waals surface area contributed by atoms with Gasteiger partial charge in [-0.15, -0.1) is 0 Å². The maximum absolute atomic E-state index is 11.6. The monoisotopic (exact) mass is 316 g/mol. The highest BCUT2D eigenvalue weighted by molar-refractivity contribution is 5.86. The van der Waals surface area contributed by atoms with E-state index < -0.39 is 5.97 Å². The van der Waals surface area contributed by atoms with Crippen LogP contribution in [0.15, 0.2) is 35.1 Å². The number of esters is 1. The second-order valence-corrected chi connectivity index (χ2v) is 5.37. The molecular weight excluding hydrogens is 296 g/mol. The van der Waals surface area contributed by atoms with Crippen molar-refractivity contribution >= 4 is 17.7 Å². The van der Waals surface area contributed by atoms with Gasteiger partial charge in [0.15, 0.2) is 0 Å². The van der Waals surface area contributed by atoms with Gasteiger partial charge in [0.25, 0.3) is 6.01 Å². The molecule has 0 amide bonds. The van der Waals surface area contributed by atoms with Crippen LogP contribution in [-0.4, -0.2) is 41.7 Å². The molecule has 122 valence electrons. The number of oxazole rings is 1. The molecular formula is C16H20N4O3. The van der Waals surface area contributed by atoms with Gasteiger partial charge in [0.1, 0.15) is 0 Å². The third kappa shape index (κ3) is 3.80. The summed E-state index contributed by atoms with van der Waals surface area (Å²) in [5.74, 6) is -0.322. The molecule has 0 atom stereocenters. The molecule has 0 spiro atoms. The van der Waals surface area contributed by atoms with Crippen molar-refractivity contribution in [2.24, 2.45) is 0 Å². The van der Waals surface area contributed by atoms with Gasteiger partial charge in [-0.2, -0.15) is 0 Å². The summed E-state index contributed by atoms with van der Waals surface area (Å²) < 4.78 is 10.4. The van der Waals surface area contributed by atoms with Gasteiger partial charge in [-0.25, -0.2) is 9.78 Å². The number of nitrogens with zero attached hydrogens (tertiary/aromatic N) is 3. The number of hydrogen-bond acceptors (Lipinski definition) is 7. The molecule has 1 aliphatic rings. The average Bonchev–Trinajstić information content (AvgIpc) is 3.07. The van der Waals surface area contributed by atoms with Crippen LogP contribution in [0.4, 0.5) is 11.7 Å². The zero-order valence-electron chi connectivity index (χ0n) is 13.1. The molecule has 2 aromatic rings. The molecule has 0 aromatic carbocycles. The van der Waals surface area contributed by atoms with Gasteiger partial charge >= 0.3 is 5.97 Å². The number of rotatable bonds is 5. The highest BCUT2D eigenvalue weighted by Crippen LogP contribution is 2.22. The van der Waals surface area contributed by atoms with Crippen LogP contribution in [0, 0.1) is 0 Å². The molecule has 1 fully saturated rings. The van der Waals surface area contributed by atoms with Crippen LogP contribution < -0.4 is 10.2 Å². The number of pyridine rings is 1. The molecule has 0 unspecified atom stereocenters. The third-order valence-electron chi connectivity index (χ3n) is 3.77. The van der Waals surface area contributed by atoms with E-state index in [0.717, 1.165) is 31.6 Å². The maximum atomic E-state index is 11.6. The van der Waals surface area contributed by atoms with E-state index in [1.165, 1.54) is 6.20 Å². The summed E-state index contributed by atoms with van der Waals surface area (Å²) >= 11 is 0. The second-order valence-electron chi connectivity index (χ2n) is 5.37. The van der Waals surface area contributed by atoms with E-state index in [-0.39, 0.29) is 5.76 Å². The summed E-state index contributed by atoms with van der Waals surface area (Å²) in [6.45, 7) is 3.72. The fourth-order valence-corrected chi connectivity index (χ4v) is 2.61. The largest absolute Gasteiger partial charge is 0.460 e. The summed E-state index contributed by atoms with van der Waals surface area (Å²) in [6.07, 6.45) is 6.94. The zero-order valence-corrected chi connectivity index (χ0v) is 13.1. The van der Waals surface area contributed by atoms with Gasteiger partial charge in [0, 0.05) is 31.5 Å². The van der Waals surface area contributed by atoms with E-state index in [1.807, 2.05) is 23.2 Å². The van der Waals surface area contributed by atoms with Gasteiger partial charge in [0.2, 0.25) is 5.76 Å². The highest BCUT2D eigenvalue weighted by Gasteiger charge is 2.23. The maximum Gasteiger partial charge on any atom is 0.376 e. The number of hydrogen-bond donors (Lipinski definition) is 1. The van der Waals surface area contributed by atoms with Crippen LogP contribution >= 0.6 is 0 Å². The fourth-order valence-electron chi connectivity index (χ4n) is 2.61. The van der Waals surface area contributed by atoms with Crippen LogP contribution in [0.3, 0.4) is 0 Å². The number of anilines is 2. The number of ether oxygens (including phenoxy) is 1. The van der Waals surface area contributed by atoms with Crippen LogP contribution in [0.5, 0.6) is 0 Å². The lowest BCUT2D eigenvalue weighted by atomic mass is 10.1. The van der Waals surface area contributed by atoms with Crippen molar-refractivity contribution in [2.45, 2.75) is 25.8 Å². The Morgan fingerprint density at radius 3 is 2.96 bits per heavy atom. The molecule has 7 heteroatoms. The summed E-state index contributed by atoms with van der Waals surface area (Å²) in [6, 6.07) is 4.81. The molecule has 0 radical (unpaired) electrons. The molecule has 1 saturated heterocycles. The average molecular weight is 316 g/mol. The first-order valence-electron chi connectivity index (χ1n) is 7.80. The minimum absolute atomic E-state index is 0.150. The highest BCUT2D eigenvalue weighted by atomic mass is 16.5. The van der Waals surface area contributed by atoms with E-state index in [1.54, 1.807) is 13.1 Å². The number of aromatic nitrogens is 2. The lowest BCUT2D eigenvalue weighted by molar-refractivity contribution is 0.0490. The Labute approximate surface area is 134 Å². The lowest BCUT2D eigenvalue weighted by Crippen LogP contribution is -2.39. The molecule has 23 heavy (non-hydrogen) atoms. The summed E-state index contributed by atoms with van der Waals surface area (Å²) in [4.78, 5) is 21.9. The molecule has 0 bridgehead atoms. The second kappa shape index (κ2) is 7.13. The smallest absolute Gasteiger partial charge is 0.376 e. The van der Waals surface area contributed by atoms with Crippen molar-refractivity contribution in [1.29, 1.82) is 0 Å². The van der Waals surface area contributed by atoms with Gasteiger partial charge in [0.05, 0.1) is 18.5 Å². The van der Waals surface area contributed by atoms with Crippen LogP contribution in [0.1, 0.15) is 30.3 Å². The lowest BCUT2D eigenvalue weighted by Gasteiger charge is -2.31. The van der Waals surface area contributed by atoms with E-state index in [4.69, 9.17) is 9.15 Å². The van der Waals surface area contributed by atoms with E-state index in [0.29, 0.717) is 18.7 Å². The van der Waals surface area contributed by atoms with Crippen molar-refractivity contribution in [3.05, 3.63) is 36.5 Å². The Morgan fingerprint density at radius 2 is 2.26 bits per heavy atom. The van der Waals surface area contributed by atoms with Crippen molar-refractivity contribution in [1.82, 2.24) is 9.97 Å². The first-order chi connectivity index (χ1) is 11.3. The summed E-state index contributed by atoms with van der Waals surface area (Å²) in [5, 5.41) is 3.48. The Bertz CT molecular complexity index is 636. The first kappa shape index (κ1) is 15.3. The van der Waals surface area contributed by atoms with Crippen LogP contribution in [-0.2, 0) is 4.74 Å². The number of carbonyl (C=O) groups is 1. The molecule has 0 saturated carbocycles. The molecule has 7 nitrogen and oxygen atoms in total. The molecule has 1 aliphatic heterocycles. The Kier molecular flexibility index (Phi) is 4.75. The zero-order chi connectivity index (χ0) is 16.1. The SMILES string of the molecule is CCOC(=O)c1cnc(N2CCC(Nc3cccnc3)CC2)o1. The van der Waals surface area contributed by atoms with Gasteiger partial charge in [-0.1, -0.05) is 0 Å². The quantitative estimate of drug-likeness (QED) is 0.848. The Morgan fingerprint density at radius 1 is 1.43 bits per heavy atom. The first-order valence-corrected chi connectivity index (χ1v) is 7.80. The van der Waals surface area contributed by atoms with Crippen molar-refractivity contribution in [3.63, 3.8) is 0 Å². The number of nitrogens with one attached hydrogen (secondary N) is 1. The summed E-state index contributed by atoms with van der Waals surface area (Å²) in [7, 11) is 0. The molecule has 3 heterocycles. The van der Waals surface area contributed by atoms with Gasteiger partial charge in [-0.05, 0) is 31.9 Å². The van der Waals surface area contributed by atoms with E-state index in [9.17, 15) is 4.79 Å². The normalized spacial score (nSPS) is 15.4. The molecule has 0 aliphatic carbocycles. The van der Waals surface area contributed by atoms with E-state index in [2.05, 4.69) is 15.3 Å². The Hall–Kier alpha value is -2.57. The molecule has 3 rings (SSSR count). The minimum atomic E-state index is -0.473. The van der Waals surface area contributed by atoms with E-state index >= 15 is 0 Å². The number of carbonyl (C=O) groups excluding carboxylic acids is 1. The predicted molar refractivity (Wildman–Crippen MR) is 85.6 cm³/mol. The van der Waals surface area contributed by atoms with Crippen LogP contribution in [0.25, 0.3) is 0 Å². The van der Waals surface area contributed by atoms with Gasteiger partial charge < -0.3 is 19.4 Å². The predicted octanol–water partition coefficient (Wildman–Crippen LogP) is 2.33. The topological polar surface area (TPSA) is 80.5 Å². The standard InChI is InChI=1S/C16H20N4O3/c1-2-22-15(21)14-11-18-16(23-14)20-8-5-12(6-9-20)19-13-4-3-7-17-10-13/h3-4,7,10-12,19H,2,5-6,8-9H2,1H3. The molecule has 1 N–H and O–H groups in total. The Balaban J connectivity index is 1.54. The number of piperidine rings is 1. The van der Waals surface area contributed by atoms with Crippen molar-refractivity contribution in [3.8, 4) is 0 Å². The molecule has 2 aromatic heterocycles. The van der Waals surface area contributed by atoms with Crippen LogP contribution in [0.2, 0.25) is 0 Å². The summed E-state index contributed by atoms with van der Waals surface area (Å²) in [5.41, 5.74) is 1.03. The fraction of sp³-hybridized carbons (Fsp3) is 0.438. The van der Waals surface area contributed by atoms with Crippen molar-refractivity contribution < 1.29 is 13.9 Å². The van der Waals surface area contributed by atoms with Gasteiger partial charge in [-0.3, -0.25) is 4.98 Å². The minimum Gasteiger partial charge on any atom is -0.460 e.